The van der Waals surface area contributed by atoms with Gasteiger partial charge in [0, 0.05) is 28.3 Å². The van der Waals surface area contributed by atoms with Gasteiger partial charge in [0.25, 0.3) is 0 Å². The van der Waals surface area contributed by atoms with E-state index in [1.54, 1.807) is 66.7 Å². The van der Waals surface area contributed by atoms with Crippen LogP contribution < -0.4 is 18.9 Å². The van der Waals surface area contributed by atoms with Crippen molar-refractivity contribution in [2.75, 3.05) is 13.2 Å². The summed E-state index contributed by atoms with van der Waals surface area (Å²) >= 11 is 0. The van der Waals surface area contributed by atoms with Gasteiger partial charge in [-0.15, -0.1) is 0 Å². The van der Waals surface area contributed by atoms with Crippen LogP contribution in [0.1, 0.15) is 134 Å². The number of carbonyl (C=O) groups is 2. The minimum Gasteiger partial charge on any atom is -0.494 e. The van der Waals surface area contributed by atoms with Gasteiger partial charge in [0.2, 0.25) is 0 Å². The molecule has 0 heterocycles. The molecule has 0 amide bonds. The number of unbranched alkanes of at least 4 members (excludes halogenated alkanes) is 10. The zero-order valence-electron chi connectivity index (χ0n) is 33.9. The van der Waals surface area contributed by atoms with Crippen LogP contribution in [0.4, 0.5) is 0 Å². The summed E-state index contributed by atoms with van der Waals surface area (Å²) in [6.45, 7) is 5.91. The smallest absolute Gasteiger partial charge is 0.343 e. The highest BCUT2D eigenvalue weighted by Crippen LogP contribution is 2.22. The summed E-state index contributed by atoms with van der Waals surface area (Å²) in [5.41, 5.74) is 4.02. The predicted octanol–water partition coefficient (Wildman–Crippen LogP) is 12.4. The van der Waals surface area contributed by atoms with Gasteiger partial charge in [0.05, 0.1) is 24.3 Å². The summed E-state index contributed by atoms with van der Waals surface area (Å²) < 4.78 is 22.9. The van der Waals surface area contributed by atoms with Crippen molar-refractivity contribution in [2.24, 2.45) is 0 Å². The molecule has 0 aliphatic carbocycles. The number of ether oxygens (including phenoxy) is 4. The molecule has 6 heteroatoms. The summed E-state index contributed by atoms with van der Waals surface area (Å²) in [6.07, 6.45) is 14.8. The highest BCUT2D eigenvalue weighted by molar-refractivity contribution is 5.92. The van der Waals surface area contributed by atoms with E-state index in [4.69, 9.17) is 18.9 Å². The molecule has 5 aromatic carbocycles. The molecule has 298 valence electrons. The van der Waals surface area contributed by atoms with Crippen LogP contribution in [0, 0.1) is 23.7 Å². The van der Waals surface area contributed by atoms with Gasteiger partial charge in [-0.25, -0.2) is 9.59 Å². The quantitative estimate of drug-likeness (QED) is 0.0339. The van der Waals surface area contributed by atoms with Crippen molar-refractivity contribution in [1.82, 2.24) is 0 Å². The van der Waals surface area contributed by atoms with E-state index in [1.165, 1.54) is 70.3 Å². The van der Waals surface area contributed by atoms with Crippen molar-refractivity contribution < 1.29 is 28.5 Å². The molecule has 0 fully saturated rings. The van der Waals surface area contributed by atoms with Crippen molar-refractivity contribution >= 4 is 11.9 Å². The second-order valence-corrected chi connectivity index (χ2v) is 14.2. The molecule has 0 aliphatic rings. The summed E-state index contributed by atoms with van der Waals surface area (Å²) in [5, 5.41) is 0. The molecule has 0 unspecified atom stereocenters. The van der Waals surface area contributed by atoms with Gasteiger partial charge < -0.3 is 18.9 Å². The lowest BCUT2D eigenvalue weighted by Crippen LogP contribution is -2.10. The minimum absolute atomic E-state index is 0.251. The second kappa shape index (κ2) is 24.4. The van der Waals surface area contributed by atoms with E-state index in [-0.39, 0.29) is 11.5 Å². The molecular formula is C52H54O6. The molecule has 0 aromatic heterocycles. The van der Waals surface area contributed by atoms with Gasteiger partial charge in [-0.3, -0.25) is 0 Å². The van der Waals surface area contributed by atoms with Gasteiger partial charge in [0.1, 0.15) is 23.0 Å². The van der Waals surface area contributed by atoms with Crippen LogP contribution in [0.15, 0.2) is 121 Å². The van der Waals surface area contributed by atoms with Gasteiger partial charge in [-0.2, -0.15) is 0 Å². The fourth-order valence-corrected chi connectivity index (χ4v) is 6.01. The second-order valence-electron chi connectivity index (χ2n) is 14.2. The Balaban J connectivity index is 1.05. The van der Waals surface area contributed by atoms with Crippen molar-refractivity contribution in [3.8, 4) is 46.7 Å². The Hall–Kier alpha value is -6.24. The predicted molar refractivity (Wildman–Crippen MR) is 232 cm³/mol. The first-order valence-corrected chi connectivity index (χ1v) is 20.7. The zero-order valence-corrected chi connectivity index (χ0v) is 33.9. The van der Waals surface area contributed by atoms with Crippen LogP contribution in [-0.4, -0.2) is 25.2 Å². The third-order valence-electron chi connectivity index (χ3n) is 9.41. The van der Waals surface area contributed by atoms with Crippen molar-refractivity contribution in [3.63, 3.8) is 0 Å². The summed E-state index contributed by atoms with van der Waals surface area (Å²) in [6, 6.07) is 35.8. The number of rotatable bonds is 20. The topological polar surface area (TPSA) is 71.1 Å². The van der Waals surface area contributed by atoms with E-state index in [1.807, 2.05) is 48.5 Å². The lowest BCUT2D eigenvalue weighted by Gasteiger charge is -2.08. The monoisotopic (exact) mass is 774 g/mol. The number of carbonyl (C=O) groups excluding carboxylic acids is 2. The van der Waals surface area contributed by atoms with Crippen LogP contribution in [0.5, 0.6) is 23.0 Å². The first-order valence-electron chi connectivity index (χ1n) is 20.7. The van der Waals surface area contributed by atoms with Crippen LogP contribution in [0.3, 0.4) is 0 Å². The van der Waals surface area contributed by atoms with Gasteiger partial charge in [-0.05, 0) is 122 Å². The SMILES string of the molecule is CCCCCCCCOc1ccc(C#Cc2ccc(C(=O)Oc3cccc(OC(=O)c4ccc(C#Cc5ccc(OCCCCCCCC)cc5)cc4)c3)cc2)cc1. The van der Waals surface area contributed by atoms with Gasteiger partial charge >= 0.3 is 11.9 Å². The normalized spacial score (nSPS) is 10.4. The average molecular weight is 775 g/mol. The standard InChI is InChI=1S/C52H54O6/c1-3-5-7-9-11-13-38-55-47-34-26-43(27-35-47)20-18-41-22-30-45(31-23-41)51(53)57-49-16-15-17-50(40-49)58-52(54)46-32-24-42(25-33-46)19-21-44-28-36-48(37-29-44)56-39-14-12-10-8-6-4-2/h15-17,22-37,40H,3-14,38-39H2,1-2H3. The molecule has 0 saturated heterocycles. The lowest BCUT2D eigenvalue weighted by atomic mass is 10.1. The third-order valence-corrected chi connectivity index (χ3v) is 9.41. The highest BCUT2D eigenvalue weighted by Gasteiger charge is 2.12. The third kappa shape index (κ3) is 15.4. The number of benzene rings is 5. The Morgan fingerprint density at radius 2 is 0.724 bits per heavy atom. The van der Waals surface area contributed by atoms with E-state index in [0.717, 1.165) is 59.8 Å². The molecule has 5 aromatic rings. The molecule has 58 heavy (non-hydrogen) atoms. The molecule has 5 rings (SSSR count). The fraction of sp³-hybridized carbons (Fsp3) is 0.308. The molecular weight excluding hydrogens is 721 g/mol. The fourth-order valence-electron chi connectivity index (χ4n) is 6.01. The number of hydrogen-bond donors (Lipinski definition) is 0. The molecule has 0 atom stereocenters. The Bertz CT molecular complexity index is 1980. The number of esters is 2. The molecule has 0 saturated carbocycles. The maximum atomic E-state index is 12.9. The van der Waals surface area contributed by atoms with Crippen LogP contribution >= 0.6 is 0 Å². The zero-order chi connectivity index (χ0) is 40.6. The van der Waals surface area contributed by atoms with E-state index < -0.39 is 11.9 Å². The minimum atomic E-state index is -0.538. The molecule has 0 N–H and O–H groups in total. The van der Waals surface area contributed by atoms with E-state index >= 15 is 0 Å². The largest absolute Gasteiger partial charge is 0.494 e. The van der Waals surface area contributed by atoms with E-state index in [9.17, 15) is 9.59 Å². The van der Waals surface area contributed by atoms with Crippen LogP contribution in [0.2, 0.25) is 0 Å². The van der Waals surface area contributed by atoms with Crippen molar-refractivity contribution in [3.05, 3.63) is 155 Å². The lowest BCUT2D eigenvalue weighted by molar-refractivity contribution is 0.0732. The average Bonchev–Trinajstić information content (AvgIpc) is 3.25. The van der Waals surface area contributed by atoms with Gasteiger partial charge in [-0.1, -0.05) is 108 Å². The summed E-state index contributed by atoms with van der Waals surface area (Å²) in [5.74, 6) is 13.7. The maximum Gasteiger partial charge on any atom is 0.343 e. The Morgan fingerprint density at radius 1 is 0.397 bits per heavy atom. The maximum absolute atomic E-state index is 12.9. The molecule has 0 radical (unpaired) electrons. The first kappa shape index (κ1) is 42.9. The number of hydrogen-bond acceptors (Lipinski definition) is 6. The summed E-state index contributed by atoms with van der Waals surface area (Å²) in [4.78, 5) is 25.8. The van der Waals surface area contributed by atoms with Crippen molar-refractivity contribution in [2.45, 2.75) is 90.9 Å². The van der Waals surface area contributed by atoms with E-state index in [0.29, 0.717) is 11.1 Å². The highest BCUT2D eigenvalue weighted by atomic mass is 16.5. The van der Waals surface area contributed by atoms with Gasteiger partial charge in [0.15, 0.2) is 0 Å². The molecule has 0 bridgehead atoms. The molecule has 0 aliphatic heterocycles. The molecule has 0 spiro atoms. The summed E-state index contributed by atoms with van der Waals surface area (Å²) in [7, 11) is 0. The Labute approximate surface area is 344 Å². The van der Waals surface area contributed by atoms with Crippen LogP contribution in [-0.2, 0) is 0 Å². The van der Waals surface area contributed by atoms with Crippen LogP contribution in [0.25, 0.3) is 0 Å². The Morgan fingerprint density at radius 3 is 1.09 bits per heavy atom. The van der Waals surface area contributed by atoms with Crippen molar-refractivity contribution in [1.29, 1.82) is 0 Å². The van der Waals surface area contributed by atoms with E-state index in [2.05, 4.69) is 37.5 Å². The Kier molecular flexibility index (Phi) is 18.1. The molecule has 6 nitrogen and oxygen atoms in total. The first-order chi connectivity index (χ1) is 28.5.